The fourth-order valence-electron chi connectivity index (χ4n) is 3.14. The van der Waals surface area contributed by atoms with Crippen LogP contribution in [0.25, 0.3) is 0 Å². The van der Waals surface area contributed by atoms with E-state index in [-0.39, 0.29) is 12.5 Å². The van der Waals surface area contributed by atoms with Crippen molar-refractivity contribution in [3.8, 4) is 0 Å². The zero-order valence-corrected chi connectivity index (χ0v) is 20.0. The average molecular weight is 486 g/mol. The minimum atomic E-state index is -1.17. The highest BCUT2D eigenvalue weighted by Crippen LogP contribution is 2.12. The Morgan fingerprint density at radius 1 is 0.886 bits per heavy atom. The molecule has 2 rings (SSSR count). The molecule has 0 bridgehead atoms. The van der Waals surface area contributed by atoms with Crippen LogP contribution in [0.2, 0.25) is 0 Å². The van der Waals surface area contributed by atoms with Gasteiger partial charge in [0, 0.05) is 0 Å². The lowest BCUT2D eigenvalue weighted by Gasteiger charge is -2.19. The Labute approximate surface area is 205 Å². The number of nitrogens with two attached hydrogens (primary N) is 3. The third-order valence-electron chi connectivity index (χ3n) is 5.16. The molecule has 190 valence electrons. The summed E-state index contributed by atoms with van der Waals surface area (Å²) in [5.41, 5.74) is 17.1. The predicted molar refractivity (Wildman–Crippen MR) is 132 cm³/mol. The van der Waals surface area contributed by atoms with Gasteiger partial charge in [-0.15, -0.1) is 0 Å². The van der Waals surface area contributed by atoms with Crippen LogP contribution in [0.1, 0.15) is 49.9 Å². The third kappa shape index (κ3) is 10.4. The number of nitrogens with one attached hydrogen (secondary N) is 2. The monoisotopic (exact) mass is 485 g/mol. The first-order valence-corrected chi connectivity index (χ1v) is 11.3. The molecular formula is C25H35N5O5. The van der Waals surface area contributed by atoms with E-state index in [4.69, 9.17) is 17.2 Å². The standard InChI is InChI=1S/C17H25N3O4.C8H10N2O/c1-3-7-11(2)15(22)17(24)19-10-13(21)20-14(16(18)23)12-8-5-4-6-9-12;9-7(8(10)11)6-4-2-1-3-5-6/h4-6,8-9,11,14-15,22H,3,7,10H2,1-2H3,(H2,18,23)(H,19,24)(H,20,21);1-5,7H,9H2,(H2,10,11). The largest absolute Gasteiger partial charge is 0.383 e. The Balaban J connectivity index is 0.000000462. The van der Waals surface area contributed by atoms with E-state index in [0.717, 1.165) is 12.0 Å². The highest BCUT2D eigenvalue weighted by molar-refractivity contribution is 5.90. The molecule has 10 heteroatoms. The Kier molecular flexibility index (Phi) is 12.7. The quantitative estimate of drug-likeness (QED) is 0.267. The highest BCUT2D eigenvalue weighted by atomic mass is 16.3. The maximum Gasteiger partial charge on any atom is 0.249 e. The molecule has 0 spiro atoms. The summed E-state index contributed by atoms with van der Waals surface area (Å²) in [5, 5.41) is 14.7. The van der Waals surface area contributed by atoms with E-state index in [9.17, 15) is 24.3 Å². The van der Waals surface area contributed by atoms with E-state index < -0.39 is 41.8 Å². The van der Waals surface area contributed by atoms with E-state index in [1.165, 1.54) is 0 Å². The summed E-state index contributed by atoms with van der Waals surface area (Å²) in [5.74, 6) is -2.57. The molecule has 0 aliphatic heterocycles. The van der Waals surface area contributed by atoms with Crippen molar-refractivity contribution in [2.75, 3.05) is 6.54 Å². The number of amides is 4. The topological polar surface area (TPSA) is 191 Å². The molecule has 4 atom stereocenters. The SMILES string of the molecule is CCCC(C)C(O)C(=O)NCC(=O)NC(C(N)=O)c1ccccc1.NC(=O)C(N)c1ccccc1. The van der Waals surface area contributed by atoms with Crippen molar-refractivity contribution in [2.45, 2.75) is 44.9 Å². The third-order valence-corrected chi connectivity index (χ3v) is 5.16. The van der Waals surface area contributed by atoms with Gasteiger partial charge >= 0.3 is 0 Å². The lowest BCUT2D eigenvalue weighted by Crippen LogP contribution is -2.46. The van der Waals surface area contributed by atoms with Crippen LogP contribution in [0.5, 0.6) is 0 Å². The van der Waals surface area contributed by atoms with Gasteiger partial charge in [-0.3, -0.25) is 19.2 Å². The van der Waals surface area contributed by atoms with Crippen LogP contribution in [-0.2, 0) is 19.2 Å². The number of carbonyl (C=O) groups is 4. The smallest absolute Gasteiger partial charge is 0.249 e. The molecule has 4 amide bonds. The molecule has 0 saturated carbocycles. The lowest BCUT2D eigenvalue weighted by atomic mass is 9.99. The molecule has 10 nitrogen and oxygen atoms in total. The Morgan fingerprint density at radius 3 is 1.86 bits per heavy atom. The van der Waals surface area contributed by atoms with Gasteiger partial charge in [0.2, 0.25) is 23.6 Å². The number of carbonyl (C=O) groups excluding carboxylic acids is 4. The molecule has 0 fully saturated rings. The fourth-order valence-corrected chi connectivity index (χ4v) is 3.14. The van der Waals surface area contributed by atoms with E-state index in [0.29, 0.717) is 12.0 Å². The van der Waals surface area contributed by atoms with Crippen LogP contribution in [0.4, 0.5) is 0 Å². The van der Waals surface area contributed by atoms with E-state index in [2.05, 4.69) is 10.6 Å². The second kappa shape index (κ2) is 15.2. The summed E-state index contributed by atoms with van der Waals surface area (Å²) in [6.45, 7) is 3.39. The molecule has 0 heterocycles. The normalized spacial score (nSPS) is 13.7. The molecule has 0 aliphatic rings. The number of benzene rings is 2. The number of hydrogen-bond donors (Lipinski definition) is 6. The molecule has 35 heavy (non-hydrogen) atoms. The fraction of sp³-hybridized carbons (Fsp3) is 0.360. The van der Waals surface area contributed by atoms with Crippen LogP contribution >= 0.6 is 0 Å². The van der Waals surface area contributed by atoms with Crippen molar-refractivity contribution in [1.82, 2.24) is 10.6 Å². The zero-order valence-electron chi connectivity index (χ0n) is 20.0. The van der Waals surface area contributed by atoms with Crippen molar-refractivity contribution in [1.29, 1.82) is 0 Å². The summed E-state index contributed by atoms with van der Waals surface area (Å²) in [4.78, 5) is 45.9. The first kappa shape index (κ1) is 29.3. The Hall–Kier alpha value is -3.76. The first-order valence-electron chi connectivity index (χ1n) is 11.3. The summed E-state index contributed by atoms with van der Waals surface area (Å²) in [7, 11) is 0. The molecule has 2 aromatic rings. The molecule has 9 N–H and O–H groups in total. The summed E-state index contributed by atoms with van der Waals surface area (Å²) >= 11 is 0. The van der Waals surface area contributed by atoms with Crippen LogP contribution in [-0.4, -0.2) is 41.4 Å². The Morgan fingerprint density at radius 2 is 1.40 bits per heavy atom. The van der Waals surface area contributed by atoms with E-state index >= 15 is 0 Å². The zero-order chi connectivity index (χ0) is 26.4. The summed E-state index contributed by atoms with van der Waals surface area (Å²) in [6.07, 6.45) is 0.390. The Bertz CT molecular complexity index is 955. The highest BCUT2D eigenvalue weighted by Gasteiger charge is 2.23. The van der Waals surface area contributed by atoms with Gasteiger partial charge < -0.3 is 32.9 Å². The molecule has 0 radical (unpaired) electrons. The van der Waals surface area contributed by atoms with Gasteiger partial charge in [0.1, 0.15) is 18.2 Å². The predicted octanol–water partition coefficient (Wildman–Crippen LogP) is 0.414. The van der Waals surface area contributed by atoms with Gasteiger partial charge in [-0.2, -0.15) is 0 Å². The van der Waals surface area contributed by atoms with Crippen molar-refractivity contribution < 1.29 is 24.3 Å². The number of primary amides is 2. The molecular weight excluding hydrogens is 450 g/mol. The number of rotatable bonds is 11. The minimum absolute atomic E-state index is 0.194. The number of aliphatic hydroxyl groups is 1. The second-order valence-corrected chi connectivity index (χ2v) is 8.03. The van der Waals surface area contributed by atoms with Gasteiger partial charge in [0.05, 0.1) is 6.54 Å². The minimum Gasteiger partial charge on any atom is -0.383 e. The van der Waals surface area contributed by atoms with Gasteiger partial charge in [0.15, 0.2) is 0 Å². The maximum absolute atomic E-state index is 11.9. The molecule has 2 aromatic carbocycles. The maximum atomic E-state index is 11.9. The van der Waals surface area contributed by atoms with Gasteiger partial charge in [-0.1, -0.05) is 80.9 Å². The van der Waals surface area contributed by atoms with Gasteiger partial charge in [-0.25, -0.2) is 0 Å². The van der Waals surface area contributed by atoms with Gasteiger partial charge in [0.25, 0.3) is 0 Å². The van der Waals surface area contributed by atoms with Crippen molar-refractivity contribution in [2.24, 2.45) is 23.1 Å². The molecule has 0 aromatic heterocycles. The lowest BCUT2D eigenvalue weighted by molar-refractivity contribution is -0.134. The van der Waals surface area contributed by atoms with Crippen molar-refractivity contribution in [3.63, 3.8) is 0 Å². The van der Waals surface area contributed by atoms with Crippen LogP contribution in [0.15, 0.2) is 60.7 Å². The molecule has 0 saturated heterocycles. The van der Waals surface area contributed by atoms with Crippen LogP contribution in [0, 0.1) is 5.92 Å². The average Bonchev–Trinajstić information content (AvgIpc) is 2.86. The number of hydrogen-bond acceptors (Lipinski definition) is 6. The second-order valence-electron chi connectivity index (χ2n) is 8.03. The first-order chi connectivity index (χ1) is 16.6. The number of aliphatic hydroxyl groups excluding tert-OH is 1. The van der Waals surface area contributed by atoms with Crippen molar-refractivity contribution in [3.05, 3.63) is 71.8 Å². The molecule has 4 unspecified atom stereocenters. The summed E-state index contributed by atoms with van der Waals surface area (Å²) < 4.78 is 0. The van der Waals surface area contributed by atoms with E-state index in [1.807, 2.05) is 25.1 Å². The van der Waals surface area contributed by atoms with Crippen molar-refractivity contribution >= 4 is 23.6 Å². The van der Waals surface area contributed by atoms with Crippen LogP contribution < -0.4 is 27.8 Å². The summed E-state index contributed by atoms with van der Waals surface area (Å²) in [6, 6.07) is 16.0. The van der Waals surface area contributed by atoms with Gasteiger partial charge in [-0.05, 0) is 23.5 Å². The molecule has 0 aliphatic carbocycles. The van der Waals surface area contributed by atoms with Crippen LogP contribution in [0.3, 0.4) is 0 Å². The van der Waals surface area contributed by atoms with E-state index in [1.54, 1.807) is 49.4 Å².